The Morgan fingerprint density at radius 3 is 2.60 bits per heavy atom. The minimum atomic E-state index is -1.55. The van der Waals surface area contributed by atoms with Crippen LogP contribution >= 0.6 is 11.6 Å². The lowest BCUT2D eigenvalue weighted by molar-refractivity contribution is 0.0949. The quantitative estimate of drug-likeness (QED) is 0.240. The van der Waals surface area contributed by atoms with Gasteiger partial charge in [-0.2, -0.15) is 4.52 Å². The van der Waals surface area contributed by atoms with Gasteiger partial charge in [-0.25, -0.2) is 14.8 Å². The summed E-state index contributed by atoms with van der Waals surface area (Å²) in [5.74, 6) is 0.357. The number of imidazole rings is 1. The first kappa shape index (κ1) is 30.7. The van der Waals surface area contributed by atoms with Crippen molar-refractivity contribution in [2.75, 3.05) is 19.7 Å². The largest absolute Gasteiger partial charge is 0.450 e. The van der Waals surface area contributed by atoms with Gasteiger partial charge in [0.25, 0.3) is 5.78 Å². The number of nitrogens with one attached hydrogen (secondary N) is 1. The van der Waals surface area contributed by atoms with Crippen molar-refractivity contribution in [2.45, 2.75) is 38.0 Å². The number of benzene rings is 3. The van der Waals surface area contributed by atoms with E-state index >= 15 is 0 Å². The van der Waals surface area contributed by atoms with E-state index in [0.29, 0.717) is 65.6 Å². The second kappa shape index (κ2) is 12.7. The third kappa shape index (κ3) is 5.79. The van der Waals surface area contributed by atoms with Crippen molar-refractivity contribution in [3.63, 3.8) is 0 Å². The van der Waals surface area contributed by atoms with E-state index in [-0.39, 0.29) is 6.09 Å². The minimum absolute atomic E-state index is 0.241. The van der Waals surface area contributed by atoms with Gasteiger partial charge in [-0.3, -0.25) is 0 Å². The Kier molecular flexibility index (Phi) is 8.31. The number of tetrazole rings is 1. The molecule has 6 aromatic rings. The Morgan fingerprint density at radius 2 is 1.87 bits per heavy atom. The van der Waals surface area contributed by atoms with Gasteiger partial charge in [0, 0.05) is 48.7 Å². The average Bonchev–Trinajstić information content (AvgIpc) is 3.76. The lowest BCUT2D eigenvalue weighted by Gasteiger charge is -2.32. The van der Waals surface area contributed by atoms with Crippen molar-refractivity contribution in [3.8, 4) is 11.3 Å². The van der Waals surface area contributed by atoms with Crippen molar-refractivity contribution < 1.29 is 14.6 Å². The third-order valence-electron chi connectivity index (χ3n) is 8.84. The maximum atomic E-state index is 12.8. The van der Waals surface area contributed by atoms with Crippen LogP contribution in [0, 0.1) is 0 Å². The highest BCUT2D eigenvalue weighted by atomic mass is 35.5. The number of hydrogen-bond donors (Lipinski definition) is 2. The summed E-state index contributed by atoms with van der Waals surface area (Å²) in [6.07, 6.45) is 4.85. The molecule has 7 rings (SSSR count). The zero-order chi connectivity index (χ0) is 32.5. The first-order valence-electron chi connectivity index (χ1n) is 15.6. The molecule has 13 heteroatoms. The molecule has 3 aromatic heterocycles. The fraction of sp³-hybridized carbons (Fsp3) is 0.294. The van der Waals surface area contributed by atoms with E-state index in [1.54, 1.807) is 21.9 Å². The zero-order valence-corrected chi connectivity index (χ0v) is 26.8. The number of aromatic nitrogens is 7. The number of carbonyl (C=O) groups excluding carboxylic acids is 1. The molecule has 1 unspecified atom stereocenters. The van der Waals surface area contributed by atoms with Crippen molar-refractivity contribution in [1.82, 2.24) is 44.8 Å². The van der Waals surface area contributed by atoms with E-state index in [2.05, 4.69) is 25.8 Å². The van der Waals surface area contributed by atoms with Crippen LogP contribution in [0.1, 0.15) is 42.1 Å². The van der Waals surface area contributed by atoms with Gasteiger partial charge in [0.05, 0.1) is 36.0 Å². The zero-order valence-electron chi connectivity index (χ0n) is 26.0. The van der Waals surface area contributed by atoms with Crippen molar-refractivity contribution in [1.29, 1.82) is 0 Å². The number of likely N-dealkylation sites (tertiary alicyclic amines) is 1. The van der Waals surface area contributed by atoms with Gasteiger partial charge < -0.3 is 24.6 Å². The highest BCUT2D eigenvalue weighted by molar-refractivity contribution is 6.30. The molecule has 1 saturated heterocycles. The summed E-state index contributed by atoms with van der Waals surface area (Å²) in [5, 5.41) is 29.8. The molecule has 240 valence electrons. The molecule has 1 atom stereocenters. The summed E-state index contributed by atoms with van der Waals surface area (Å²) < 4.78 is 8.54. The Labute approximate surface area is 276 Å². The van der Waals surface area contributed by atoms with Gasteiger partial charge in [0.2, 0.25) is 0 Å². The Balaban J connectivity index is 1.22. The summed E-state index contributed by atoms with van der Waals surface area (Å²) >= 11 is 6.37. The monoisotopic (exact) mass is 651 g/mol. The molecule has 0 radical (unpaired) electrons. The number of fused-ring (bicyclic) bond motifs is 3. The molecule has 1 aliphatic rings. The van der Waals surface area contributed by atoms with Gasteiger partial charge in [-0.15, -0.1) is 0 Å². The number of carbonyl (C=O) groups is 1. The minimum Gasteiger partial charge on any atom is -0.450 e. The second-order valence-corrected chi connectivity index (χ2v) is 12.2. The lowest BCUT2D eigenvalue weighted by atomic mass is 9.82. The maximum Gasteiger partial charge on any atom is 0.409 e. The number of piperidine rings is 1. The van der Waals surface area contributed by atoms with Gasteiger partial charge in [-0.05, 0) is 71.1 Å². The normalized spacial score (nSPS) is 15.3. The van der Waals surface area contributed by atoms with E-state index in [1.165, 1.54) is 0 Å². The number of rotatable bonds is 8. The number of aliphatic hydroxyl groups is 1. The SMILES string of the molecule is CCOC(=O)N1CCC(NCc2ccc(C(O)(c3ccc4c(c3)c(-c3cccc(Cl)c3)nc3nnnn34)c3cncn3C)cc2)CC1. The molecular weight excluding hydrogens is 618 g/mol. The molecule has 1 amide bonds. The van der Waals surface area contributed by atoms with E-state index in [9.17, 15) is 9.90 Å². The fourth-order valence-corrected chi connectivity index (χ4v) is 6.53. The molecule has 3 aromatic carbocycles. The van der Waals surface area contributed by atoms with Crippen LogP contribution in [0.5, 0.6) is 0 Å². The first-order chi connectivity index (χ1) is 22.8. The second-order valence-electron chi connectivity index (χ2n) is 11.7. The van der Waals surface area contributed by atoms with Gasteiger partial charge >= 0.3 is 6.09 Å². The van der Waals surface area contributed by atoms with Gasteiger partial charge in [0.1, 0.15) is 0 Å². The predicted octanol–water partition coefficient (Wildman–Crippen LogP) is 4.72. The molecule has 0 bridgehead atoms. The lowest BCUT2D eigenvalue weighted by Crippen LogP contribution is -2.44. The number of hydrogen-bond acceptors (Lipinski definition) is 9. The fourth-order valence-electron chi connectivity index (χ4n) is 6.33. The molecule has 0 saturated carbocycles. The number of halogens is 1. The molecule has 1 fully saturated rings. The third-order valence-corrected chi connectivity index (χ3v) is 9.07. The van der Waals surface area contributed by atoms with E-state index in [0.717, 1.165) is 34.9 Å². The Hall–Kier alpha value is -4.91. The highest BCUT2D eigenvalue weighted by Gasteiger charge is 2.37. The van der Waals surface area contributed by atoms with E-state index in [1.807, 2.05) is 85.3 Å². The summed E-state index contributed by atoms with van der Waals surface area (Å²) in [7, 11) is 1.86. The van der Waals surface area contributed by atoms with E-state index < -0.39 is 5.60 Å². The Bertz CT molecular complexity index is 2050. The predicted molar refractivity (Wildman–Crippen MR) is 177 cm³/mol. The van der Waals surface area contributed by atoms with Crippen LogP contribution in [0.2, 0.25) is 5.02 Å². The van der Waals surface area contributed by atoms with Crippen LogP contribution in [0.15, 0.2) is 79.3 Å². The van der Waals surface area contributed by atoms with Gasteiger partial charge in [0.15, 0.2) is 5.60 Å². The summed E-state index contributed by atoms with van der Waals surface area (Å²) in [4.78, 5) is 22.9. The van der Waals surface area contributed by atoms with E-state index in [4.69, 9.17) is 21.3 Å². The van der Waals surface area contributed by atoms with Crippen LogP contribution in [0.25, 0.3) is 27.9 Å². The van der Waals surface area contributed by atoms with Crippen LogP contribution in [0.4, 0.5) is 4.79 Å². The molecule has 2 N–H and O–H groups in total. The van der Waals surface area contributed by atoms with Crippen molar-refractivity contribution in [2.24, 2.45) is 7.05 Å². The molecular formula is C34H34ClN9O3. The summed E-state index contributed by atoms with van der Waals surface area (Å²) in [6, 6.07) is 21.5. The molecule has 0 spiro atoms. The topological polar surface area (TPSA) is 136 Å². The van der Waals surface area contributed by atoms with Crippen LogP contribution in [-0.2, 0) is 23.9 Å². The summed E-state index contributed by atoms with van der Waals surface area (Å²) in [5.41, 5.74) is 3.65. The maximum absolute atomic E-state index is 12.8. The number of aryl methyl sites for hydroxylation is 1. The highest BCUT2D eigenvalue weighted by Crippen LogP contribution is 2.39. The van der Waals surface area contributed by atoms with Crippen molar-refractivity contribution >= 4 is 34.4 Å². The van der Waals surface area contributed by atoms with Crippen molar-refractivity contribution in [3.05, 3.63) is 107 Å². The standard InChI is InChI=1S/C34H34ClN9O3/c1-3-47-33(45)43-15-13-27(14-16-43)37-19-22-7-9-24(10-8-22)34(46,30-20-36-21-42(30)2)25-11-12-29-28(18-25)31(23-5-4-6-26(35)17-23)38-32-39-40-41-44(29)32/h4-12,17-18,20-21,27,37,46H,3,13-16,19H2,1-2H3. The first-order valence-corrected chi connectivity index (χ1v) is 15.9. The summed E-state index contributed by atoms with van der Waals surface area (Å²) in [6.45, 7) is 4.22. The smallest absolute Gasteiger partial charge is 0.409 e. The van der Waals surface area contributed by atoms with Crippen LogP contribution in [-0.4, -0.2) is 76.4 Å². The average molecular weight is 652 g/mol. The van der Waals surface area contributed by atoms with Crippen LogP contribution < -0.4 is 5.32 Å². The molecule has 47 heavy (non-hydrogen) atoms. The molecule has 12 nitrogen and oxygen atoms in total. The molecule has 1 aliphatic heterocycles. The number of nitrogens with zero attached hydrogens (tertiary/aromatic N) is 8. The number of ether oxygens (including phenoxy) is 1. The molecule has 0 aliphatic carbocycles. The van der Waals surface area contributed by atoms with Crippen LogP contribution in [0.3, 0.4) is 0 Å². The van der Waals surface area contributed by atoms with Gasteiger partial charge in [-0.1, -0.05) is 59.2 Å². The molecule has 4 heterocycles. The number of amides is 1. The Morgan fingerprint density at radius 1 is 1.09 bits per heavy atom.